The zero-order valence-electron chi connectivity index (χ0n) is 11.0. The lowest BCUT2D eigenvalue weighted by Crippen LogP contribution is -2.54. The van der Waals surface area contributed by atoms with E-state index in [1.54, 1.807) is 4.90 Å². The summed E-state index contributed by atoms with van der Waals surface area (Å²) >= 11 is 0. The van der Waals surface area contributed by atoms with Crippen molar-refractivity contribution in [2.75, 3.05) is 26.7 Å². The van der Waals surface area contributed by atoms with Gasteiger partial charge in [0.05, 0.1) is 12.6 Å². The molecule has 1 fully saturated rings. The summed E-state index contributed by atoms with van der Waals surface area (Å²) in [5, 5.41) is 9.17. The molecule has 4 heteroatoms. The first-order valence-corrected chi connectivity index (χ1v) is 6.25. The smallest absolute Gasteiger partial charge is 0.236 e. The van der Waals surface area contributed by atoms with Crippen molar-refractivity contribution < 1.29 is 9.90 Å². The highest BCUT2D eigenvalue weighted by molar-refractivity contribution is 5.78. The van der Waals surface area contributed by atoms with Crippen molar-refractivity contribution in [2.24, 2.45) is 0 Å². The van der Waals surface area contributed by atoms with Gasteiger partial charge < -0.3 is 10.0 Å². The molecule has 1 aliphatic heterocycles. The Labute approximate surface area is 108 Å². The van der Waals surface area contributed by atoms with E-state index in [9.17, 15) is 9.90 Å². The van der Waals surface area contributed by atoms with Gasteiger partial charge in [0, 0.05) is 26.7 Å². The van der Waals surface area contributed by atoms with Crippen LogP contribution in [0.2, 0.25) is 0 Å². The van der Waals surface area contributed by atoms with Crippen LogP contribution in [0.15, 0.2) is 24.3 Å². The molecule has 2 rings (SSSR count). The largest absolute Gasteiger partial charge is 0.390 e. The van der Waals surface area contributed by atoms with Gasteiger partial charge in [0.25, 0.3) is 0 Å². The number of carbonyl (C=O) groups excluding carboxylic acids is 1. The maximum absolute atomic E-state index is 12.0. The van der Waals surface area contributed by atoms with E-state index in [0.717, 1.165) is 0 Å². The van der Waals surface area contributed by atoms with Crippen LogP contribution in [0.4, 0.5) is 0 Å². The van der Waals surface area contributed by atoms with Crippen LogP contribution in [0, 0.1) is 6.92 Å². The number of likely N-dealkylation sites (tertiary alicyclic amines) is 1. The molecule has 0 saturated carbocycles. The maximum atomic E-state index is 12.0. The molecule has 0 aliphatic carbocycles. The van der Waals surface area contributed by atoms with E-state index in [0.29, 0.717) is 26.2 Å². The molecule has 0 aromatic heterocycles. The number of β-amino-alcohol motifs (C(OH)–C–C–N with tert-alkyl or cyclic N) is 1. The molecule has 0 spiro atoms. The molecule has 18 heavy (non-hydrogen) atoms. The van der Waals surface area contributed by atoms with Crippen LogP contribution in [0.25, 0.3) is 0 Å². The van der Waals surface area contributed by atoms with Gasteiger partial charge in [0.15, 0.2) is 0 Å². The number of nitrogens with zero attached hydrogens (tertiary/aromatic N) is 2. The lowest BCUT2D eigenvalue weighted by molar-refractivity contribution is -0.134. The van der Waals surface area contributed by atoms with E-state index >= 15 is 0 Å². The Morgan fingerprint density at radius 1 is 1.44 bits per heavy atom. The molecule has 1 N–H and O–H groups in total. The summed E-state index contributed by atoms with van der Waals surface area (Å²) in [6, 6.07) is 8.10. The van der Waals surface area contributed by atoms with Crippen molar-refractivity contribution in [3.8, 4) is 0 Å². The first kappa shape index (κ1) is 13.1. The number of aliphatic hydroxyl groups is 1. The van der Waals surface area contributed by atoms with Crippen LogP contribution in [-0.4, -0.2) is 53.6 Å². The van der Waals surface area contributed by atoms with Crippen LogP contribution in [-0.2, 0) is 11.3 Å². The topological polar surface area (TPSA) is 43.8 Å². The van der Waals surface area contributed by atoms with E-state index in [2.05, 4.69) is 13.0 Å². The van der Waals surface area contributed by atoms with Gasteiger partial charge in [0.1, 0.15) is 0 Å². The van der Waals surface area contributed by atoms with Crippen molar-refractivity contribution in [1.82, 2.24) is 9.80 Å². The van der Waals surface area contributed by atoms with Crippen LogP contribution in [0.3, 0.4) is 0 Å². The van der Waals surface area contributed by atoms with Gasteiger partial charge in [-0.2, -0.15) is 0 Å². The fourth-order valence-corrected chi connectivity index (χ4v) is 2.11. The van der Waals surface area contributed by atoms with Gasteiger partial charge in [-0.15, -0.1) is 0 Å². The average molecular weight is 248 g/mol. The summed E-state index contributed by atoms with van der Waals surface area (Å²) in [4.78, 5) is 15.7. The minimum absolute atomic E-state index is 0.102. The van der Waals surface area contributed by atoms with Crippen molar-refractivity contribution in [2.45, 2.75) is 19.6 Å². The standard InChI is InChI=1S/C14H20N2O2/c1-11-5-3-4-6-12(11)7-15(2)14(18)10-16-8-13(17)9-16/h3-6,13,17H,7-10H2,1-2H3. The zero-order valence-corrected chi connectivity index (χ0v) is 11.0. The molecule has 98 valence electrons. The molecule has 1 amide bonds. The summed E-state index contributed by atoms with van der Waals surface area (Å²) in [5.74, 6) is 0.102. The quantitative estimate of drug-likeness (QED) is 0.850. The number of carbonyl (C=O) groups is 1. The number of hydrogen-bond donors (Lipinski definition) is 1. The van der Waals surface area contributed by atoms with E-state index in [1.165, 1.54) is 11.1 Å². The van der Waals surface area contributed by atoms with Crippen LogP contribution < -0.4 is 0 Å². The Morgan fingerprint density at radius 2 is 2.11 bits per heavy atom. The number of rotatable bonds is 4. The monoisotopic (exact) mass is 248 g/mol. The van der Waals surface area contributed by atoms with E-state index < -0.39 is 0 Å². The number of aliphatic hydroxyl groups excluding tert-OH is 1. The second-order valence-corrected chi connectivity index (χ2v) is 5.02. The highest BCUT2D eigenvalue weighted by Gasteiger charge is 2.26. The minimum Gasteiger partial charge on any atom is -0.390 e. The molecular weight excluding hydrogens is 228 g/mol. The highest BCUT2D eigenvalue weighted by Crippen LogP contribution is 2.11. The maximum Gasteiger partial charge on any atom is 0.236 e. The van der Waals surface area contributed by atoms with Crippen molar-refractivity contribution in [3.63, 3.8) is 0 Å². The summed E-state index contributed by atoms with van der Waals surface area (Å²) in [5.41, 5.74) is 2.38. The molecular formula is C14H20N2O2. The van der Waals surface area contributed by atoms with Crippen LogP contribution in [0.1, 0.15) is 11.1 Å². The number of aryl methyl sites for hydroxylation is 1. The van der Waals surface area contributed by atoms with E-state index in [1.807, 2.05) is 30.1 Å². The first-order chi connectivity index (χ1) is 8.56. The molecule has 0 unspecified atom stereocenters. The normalized spacial score (nSPS) is 16.4. The number of likely N-dealkylation sites (N-methyl/N-ethyl adjacent to an activating group) is 1. The van der Waals surface area contributed by atoms with Gasteiger partial charge in [-0.1, -0.05) is 24.3 Å². The molecule has 1 aromatic carbocycles. The van der Waals surface area contributed by atoms with Gasteiger partial charge in [-0.3, -0.25) is 9.69 Å². The van der Waals surface area contributed by atoms with Crippen molar-refractivity contribution in [3.05, 3.63) is 35.4 Å². The molecule has 0 radical (unpaired) electrons. The molecule has 0 atom stereocenters. The Hall–Kier alpha value is -1.39. The zero-order chi connectivity index (χ0) is 13.1. The van der Waals surface area contributed by atoms with Crippen LogP contribution in [0.5, 0.6) is 0 Å². The lowest BCUT2D eigenvalue weighted by atomic mass is 10.1. The fraction of sp³-hybridized carbons (Fsp3) is 0.500. The Kier molecular flexibility index (Phi) is 3.99. The Balaban J connectivity index is 1.86. The minimum atomic E-state index is -0.250. The summed E-state index contributed by atoms with van der Waals surface area (Å²) in [6.45, 7) is 4.33. The van der Waals surface area contributed by atoms with Crippen LogP contribution >= 0.6 is 0 Å². The second kappa shape index (κ2) is 5.50. The highest BCUT2D eigenvalue weighted by atomic mass is 16.3. The average Bonchev–Trinajstić information content (AvgIpc) is 2.30. The molecule has 1 heterocycles. The molecule has 4 nitrogen and oxygen atoms in total. The lowest BCUT2D eigenvalue weighted by Gasteiger charge is -2.36. The van der Waals surface area contributed by atoms with E-state index in [-0.39, 0.29) is 12.0 Å². The third-order valence-electron chi connectivity index (χ3n) is 3.39. The summed E-state index contributed by atoms with van der Waals surface area (Å²) < 4.78 is 0. The third-order valence-corrected chi connectivity index (χ3v) is 3.39. The van der Waals surface area contributed by atoms with Crippen molar-refractivity contribution >= 4 is 5.91 Å². The number of benzene rings is 1. The Morgan fingerprint density at radius 3 is 2.72 bits per heavy atom. The molecule has 1 aromatic rings. The predicted molar refractivity (Wildman–Crippen MR) is 70.1 cm³/mol. The SMILES string of the molecule is Cc1ccccc1CN(C)C(=O)CN1CC(O)C1. The first-order valence-electron chi connectivity index (χ1n) is 6.25. The number of hydrogen-bond acceptors (Lipinski definition) is 3. The molecule has 0 bridgehead atoms. The van der Waals surface area contributed by atoms with Crippen molar-refractivity contribution in [1.29, 1.82) is 0 Å². The summed E-state index contributed by atoms with van der Waals surface area (Å²) in [7, 11) is 1.82. The van der Waals surface area contributed by atoms with E-state index in [4.69, 9.17) is 0 Å². The van der Waals surface area contributed by atoms with Gasteiger partial charge in [0.2, 0.25) is 5.91 Å². The third kappa shape index (κ3) is 3.09. The summed E-state index contributed by atoms with van der Waals surface area (Å²) in [6.07, 6.45) is -0.250. The molecule has 1 saturated heterocycles. The molecule has 1 aliphatic rings. The predicted octanol–water partition coefficient (Wildman–Crippen LogP) is 0.630. The number of amides is 1. The van der Waals surface area contributed by atoms with Gasteiger partial charge in [-0.05, 0) is 18.1 Å². The second-order valence-electron chi connectivity index (χ2n) is 5.02. The fourth-order valence-electron chi connectivity index (χ4n) is 2.11. The van der Waals surface area contributed by atoms with Gasteiger partial charge in [-0.25, -0.2) is 0 Å². The van der Waals surface area contributed by atoms with Gasteiger partial charge >= 0.3 is 0 Å². The Bertz CT molecular complexity index is 428.